The number of hydrogen-bond acceptors (Lipinski definition) is 6. The molecule has 8 heteroatoms. The first kappa shape index (κ1) is 26.8. The van der Waals surface area contributed by atoms with Gasteiger partial charge in [-0.2, -0.15) is 5.26 Å². The normalized spacial score (nSPS) is 10.7. The molecule has 0 unspecified atom stereocenters. The van der Waals surface area contributed by atoms with Crippen molar-refractivity contribution in [3.05, 3.63) is 82.9 Å². The van der Waals surface area contributed by atoms with Gasteiger partial charge in [0.1, 0.15) is 17.4 Å². The van der Waals surface area contributed by atoms with E-state index < -0.39 is 5.91 Å². The van der Waals surface area contributed by atoms with Crippen molar-refractivity contribution < 1.29 is 23.8 Å². The Morgan fingerprint density at radius 2 is 1.62 bits per heavy atom. The molecule has 0 saturated heterocycles. The molecule has 2 N–H and O–H groups in total. The van der Waals surface area contributed by atoms with E-state index >= 15 is 0 Å². The number of methoxy groups -OCH3 is 1. The Kier molecular flexibility index (Phi) is 9.28. The molecule has 0 aliphatic heterocycles. The highest BCUT2D eigenvalue weighted by Gasteiger charge is 2.13. The molecule has 3 rings (SSSR count). The van der Waals surface area contributed by atoms with E-state index in [0.29, 0.717) is 40.8 Å². The number of benzene rings is 3. The lowest BCUT2D eigenvalue weighted by atomic mass is 10.1. The molecular weight excluding hydrogens is 470 g/mol. The summed E-state index contributed by atoms with van der Waals surface area (Å²) in [5.74, 6) is 0.541. The highest BCUT2D eigenvalue weighted by molar-refractivity contribution is 6.09. The van der Waals surface area contributed by atoms with Crippen LogP contribution >= 0.6 is 0 Å². The number of nitrogens with zero attached hydrogens (tertiary/aromatic N) is 1. The van der Waals surface area contributed by atoms with Crippen LogP contribution < -0.4 is 24.8 Å². The topological polar surface area (TPSA) is 110 Å². The molecule has 37 heavy (non-hydrogen) atoms. The van der Waals surface area contributed by atoms with E-state index in [-0.39, 0.29) is 18.1 Å². The minimum Gasteiger partial charge on any atom is -0.494 e. The zero-order valence-corrected chi connectivity index (χ0v) is 21.3. The van der Waals surface area contributed by atoms with Gasteiger partial charge in [0.2, 0.25) is 0 Å². The fourth-order valence-electron chi connectivity index (χ4n) is 3.37. The van der Waals surface area contributed by atoms with Gasteiger partial charge in [-0.05, 0) is 92.1 Å². The summed E-state index contributed by atoms with van der Waals surface area (Å²) >= 11 is 0. The lowest BCUT2D eigenvalue weighted by Crippen LogP contribution is -2.20. The van der Waals surface area contributed by atoms with Crippen LogP contribution in [0.4, 0.5) is 11.4 Å². The van der Waals surface area contributed by atoms with Gasteiger partial charge in [-0.1, -0.05) is 12.1 Å². The Balaban J connectivity index is 1.65. The first-order chi connectivity index (χ1) is 17.8. The van der Waals surface area contributed by atoms with Gasteiger partial charge in [0.05, 0.1) is 13.7 Å². The van der Waals surface area contributed by atoms with Gasteiger partial charge in [0, 0.05) is 11.4 Å². The van der Waals surface area contributed by atoms with Crippen LogP contribution in [-0.4, -0.2) is 32.1 Å². The van der Waals surface area contributed by atoms with E-state index in [0.717, 1.165) is 11.1 Å². The van der Waals surface area contributed by atoms with Gasteiger partial charge in [-0.25, -0.2) is 0 Å². The first-order valence-electron chi connectivity index (χ1n) is 11.7. The van der Waals surface area contributed by atoms with Crippen molar-refractivity contribution in [2.45, 2.75) is 20.8 Å². The molecule has 0 bridgehead atoms. The largest absolute Gasteiger partial charge is 0.494 e. The number of carbonyl (C=O) groups excluding carboxylic acids is 2. The Morgan fingerprint density at radius 3 is 2.27 bits per heavy atom. The number of amides is 2. The minimum atomic E-state index is -0.547. The molecule has 8 nitrogen and oxygen atoms in total. The molecule has 2 amide bonds. The standard InChI is InChI=1S/C29H29N3O5/c1-5-36-25-11-9-23(10-12-25)32-29(34)22(17-30)15-21-7-13-26(27(16-21)35-4)37-18-28(33)31-24-8-6-19(2)20(3)14-24/h6-16H,5,18H2,1-4H3,(H,31,33)(H,32,34)/b22-15+. The van der Waals surface area contributed by atoms with Gasteiger partial charge in [0.25, 0.3) is 11.8 Å². The average molecular weight is 500 g/mol. The van der Waals surface area contributed by atoms with Crippen molar-refractivity contribution in [3.63, 3.8) is 0 Å². The fourth-order valence-corrected chi connectivity index (χ4v) is 3.37. The summed E-state index contributed by atoms with van der Waals surface area (Å²) in [6.07, 6.45) is 1.45. The zero-order chi connectivity index (χ0) is 26.8. The molecule has 3 aromatic rings. The maximum absolute atomic E-state index is 12.6. The molecule has 0 fully saturated rings. The fraction of sp³-hybridized carbons (Fsp3) is 0.207. The van der Waals surface area contributed by atoms with Crippen LogP contribution in [0.2, 0.25) is 0 Å². The molecule has 0 aromatic heterocycles. The van der Waals surface area contributed by atoms with Gasteiger partial charge < -0.3 is 24.8 Å². The Hall–Kier alpha value is -4.77. The summed E-state index contributed by atoms with van der Waals surface area (Å²) in [6, 6.07) is 19.4. The van der Waals surface area contributed by atoms with Crippen LogP contribution in [0.3, 0.4) is 0 Å². The predicted molar refractivity (Wildman–Crippen MR) is 143 cm³/mol. The molecule has 190 valence electrons. The SMILES string of the molecule is CCOc1ccc(NC(=O)/C(C#N)=C/c2ccc(OCC(=O)Nc3ccc(C)c(C)c3)c(OC)c2)cc1. The van der Waals surface area contributed by atoms with Crippen molar-refractivity contribution in [2.75, 3.05) is 31.0 Å². The summed E-state index contributed by atoms with van der Waals surface area (Å²) in [7, 11) is 1.47. The van der Waals surface area contributed by atoms with Crippen molar-refractivity contribution in [3.8, 4) is 23.3 Å². The van der Waals surface area contributed by atoms with Crippen LogP contribution in [0, 0.1) is 25.2 Å². The second kappa shape index (κ2) is 12.8. The molecule has 0 aliphatic rings. The molecular formula is C29H29N3O5. The van der Waals surface area contributed by atoms with E-state index in [1.54, 1.807) is 42.5 Å². The number of nitriles is 1. The summed E-state index contributed by atoms with van der Waals surface area (Å²) in [5.41, 5.74) is 3.92. The lowest BCUT2D eigenvalue weighted by molar-refractivity contribution is -0.118. The average Bonchev–Trinajstić information content (AvgIpc) is 2.89. The van der Waals surface area contributed by atoms with Crippen molar-refractivity contribution in [2.24, 2.45) is 0 Å². The van der Waals surface area contributed by atoms with Crippen LogP contribution in [0.1, 0.15) is 23.6 Å². The summed E-state index contributed by atoms with van der Waals surface area (Å²) in [5, 5.41) is 15.0. The maximum Gasteiger partial charge on any atom is 0.266 e. The smallest absolute Gasteiger partial charge is 0.266 e. The molecule has 0 radical (unpaired) electrons. The number of hydrogen-bond donors (Lipinski definition) is 2. The van der Waals surface area contributed by atoms with Crippen molar-refractivity contribution in [1.29, 1.82) is 5.26 Å². The van der Waals surface area contributed by atoms with Gasteiger partial charge in [-0.15, -0.1) is 0 Å². The highest BCUT2D eigenvalue weighted by atomic mass is 16.5. The lowest BCUT2D eigenvalue weighted by Gasteiger charge is -2.12. The number of aryl methyl sites for hydroxylation is 2. The Labute approximate surface area is 216 Å². The maximum atomic E-state index is 12.6. The van der Waals surface area contributed by atoms with E-state index in [9.17, 15) is 14.9 Å². The van der Waals surface area contributed by atoms with E-state index in [1.807, 2.05) is 45.0 Å². The summed E-state index contributed by atoms with van der Waals surface area (Å²) in [4.78, 5) is 24.9. The quantitative estimate of drug-likeness (QED) is 0.290. The molecule has 0 aliphatic carbocycles. The second-order valence-electron chi connectivity index (χ2n) is 8.13. The third-order valence-corrected chi connectivity index (χ3v) is 5.44. The molecule has 0 spiro atoms. The van der Waals surface area contributed by atoms with Gasteiger partial charge >= 0.3 is 0 Å². The number of nitrogens with one attached hydrogen (secondary N) is 2. The third-order valence-electron chi connectivity index (χ3n) is 5.44. The number of anilines is 2. The molecule has 0 heterocycles. The monoisotopic (exact) mass is 499 g/mol. The summed E-state index contributed by atoms with van der Waals surface area (Å²) in [6.45, 7) is 6.19. The molecule has 3 aromatic carbocycles. The number of carbonyl (C=O) groups is 2. The molecule has 0 saturated carbocycles. The minimum absolute atomic E-state index is 0.0858. The molecule has 0 atom stereocenters. The zero-order valence-electron chi connectivity index (χ0n) is 21.3. The van der Waals surface area contributed by atoms with E-state index in [4.69, 9.17) is 14.2 Å². The highest BCUT2D eigenvalue weighted by Crippen LogP contribution is 2.29. The van der Waals surface area contributed by atoms with E-state index in [1.165, 1.54) is 13.2 Å². The van der Waals surface area contributed by atoms with Crippen LogP contribution in [-0.2, 0) is 9.59 Å². The second-order valence-corrected chi connectivity index (χ2v) is 8.13. The predicted octanol–water partition coefficient (Wildman–Crippen LogP) is 5.27. The van der Waals surface area contributed by atoms with Crippen LogP contribution in [0.15, 0.2) is 66.2 Å². The van der Waals surface area contributed by atoms with Gasteiger partial charge in [0.15, 0.2) is 18.1 Å². The van der Waals surface area contributed by atoms with Crippen molar-refractivity contribution in [1.82, 2.24) is 0 Å². The number of ether oxygens (including phenoxy) is 3. The van der Waals surface area contributed by atoms with Crippen molar-refractivity contribution >= 4 is 29.3 Å². The third kappa shape index (κ3) is 7.61. The summed E-state index contributed by atoms with van der Waals surface area (Å²) < 4.78 is 16.4. The first-order valence-corrected chi connectivity index (χ1v) is 11.7. The Bertz CT molecular complexity index is 1340. The van der Waals surface area contributed by atoms with Crippen LogP contribution in [0.5, 0.6) is 17.2 Å². The van der Waals surface area contributed by atoms with Crippen LogP contribution in [0.25, 0.3) is 6.08 Å². The van der Waals surface area contributed by atoms with Gasteiger partial charge in [-0.3, -0.25) is 9.59 Å². The van der Waals surface area contributed by atoms with E-state index in [2.05, 4.69) is 10.6 Å². The Morgan fingerprint density at radius 1 is 0.892 bits per heavy atom. The number of rotatable bonds is 10.